The number of rotatable bonds is 5. The molecule has 2 aromatic rings. The van der Waals surface area contributed by atoms with Crippen LogP contribution >= 0.6 is 0 Å². The molecule has 0 radical (unpaired) electrons. The van der Waals surface area contributed by atoms with E-state index in [2.05, 4.69) is 10.3 Å². The average molecular weight is 273 g/mol. The minimum absolute atomic E-state index is 0.0940. The number of anilines is 1. The molecule has 0 unspecified atom stereocenters. The van der Waals surface area contributed by atoms with E-state index in [4.69, 9.17) is 0 Å². The van der Waals surface area contributed by atoms with Gasteiger partial charge in [0.2, 0.25) is 0 Å². The summed E-state index contributed by atoms with van der Waals surface area (Å²) in [5.74, 6) is 0.126. The number of hydrogen-bond acceptors (Lipinski definition) is 3. The molecule has 0 atom stereocenters. The maximum absolute atomic E-state index is 13.5. The molecule has 104 valence electrons. The minimum Gasteiger partial charge on any atom is -0.365 e. The summed E-state index contributed by atoms with van der Waals surface area (Å²) in [5.41, 5.74) is 0.544. The van der Waals surface area contributed by atoms with Crippen LogP contribution in [0.1, 0.15) is 24.4 Å². The first-order valence-electron chi connectivity index (χ1n) is 6.80. The summed E-state index contributed by atoms with van der Waals surface area (Å²) in [6.07, 6.45) is 5.98. The molecule has 1 aliphatic carbocycles. The third-order valence-electron chi connectivity index (χ3n) is 3.45. The molecule has 1 N–H and O–H groups in total. The van der Waals surface area contributed by atoms with E-state index in [0.717, 1.165) is 12.8 Å². The van der Waals surface area contributed by atoms with Gasteiger partial charge in [-0.05, 0) is 30.9 Å². The van der Waals surface area contributed by atoms with Crippen molar-refractivity contribution >= 4 is 5.82 Å². The fourth-order valence-electron chi connectivity index (χ4n) is 2.20. The first-order chi connectivity index (χ1) is 9.75. The SMILES string of the molecule is O=c1c(NCCc2ccccc2F)nccn1C1CC1. The highest BCUT2D eigenvalue weighted by Gasteiger charge is 2.25. The van der Waals surface area contributed by atoms with Crippen molar-refractivity contribution in [2.75, 3.05) is 11.9 Å². The molecule has 0 bridgehead atoms. The molecule has 1 aliphatic rings. The molecule has 3 rings (SSSR count). The predicted molar refractivity (Wildman–Crippen MR) is 75.4 cm³/mol. The lowest BCUT2D eigenvalue weighted by molar-refractivity contribution is 0.610. The van der Waals surface area contributed by atoms with Gasteiger partial charge in [-0.3, -0.25) is 4.79 Å². The molecular formula is C15H16FN3O. The summed E-state index contributed by atoms with van der Waals surface area (Å²) in [4.78, 5) is 16.2. The monoisotopic (exact) mass is 273 g/mol. The molecule has 20 heavy (non-hydrogen) atoms. The Morgan fingerprint density at radius 1 is 1.35 bits per heavy atom. The van der Waals surface area contributed by atoms with Crippen molar-refractivity contribution in [1.29, 1.82) is 0 Å². The van der Waals surface area contributed by atoms with Gasteiger partial charge in [0.05, 0.1) is 0 Å². The third kappa shape index (κ3) is 2.71. The highest BCUT2D eigenvalue weighted by Crippen LogP contribution is 2.33. The van der Waals surface area contributed by atoms with Gasteiger partial charge in [0.15, 0.2) is 5.82 Å². The largest absolute Gasteiger partial charge is 0.365 e. The highest BCUT2D eigenvalue weighted by molar-refractivity contribution is 5.32. The molecule has 4 nitrogen and oxygen atoms in total. The molecule has 1 fully saturated rings. The van der Waals surface area contributed by atoms with Crippen LogP contribution in [0.5, 0.6) is 0 Å². The Morgan fingerprint density at radius 3 is 2.90 bits per heavy atom. The lowest BCUT2D eigenvalue weighted by atomic mass is 10.1. The quantitative estimate of drug-likeness (QED) is 0.909. The fraction of sp³-hybridized carbons (Fsp3) is 0.333. The second-order valence-corrected chi connectivity index (χ2v) is 4.99. The topological polar surface area (TPSA) is 46.9 Å². The van der Waals surface area contributed by atoms with Gasteiger partial charge in [-0.15, -0.1) is 0 Å². The molecule has 0 saturated heterocycles. The Hall–Kier alpha value is -2.17. The Kier molecular flexibility index (Phi) is 3.50. The van der Waals surface area contributed by atoms with Gasteiger partial charge in [0, 0.05) is 25.0 Å². The van der Waals surface area contributed by atoms with Crippen molar-refractivity contribution in [2.45, 2.75) is 25.3 Å². The fourth-order valence-corrected chi connectivity index (χ4v) is 2.20. The zero-order valence-corrected chi connectivity index (χ0v) is 11.1. The molecular weight excluding hydrogens is 257 g/mol. The molecule has 1 aromatic carbocycles. The average Bonchev–Trinajstić information content (AvgIpc) is 3.27. The number of benzene rings is 1. The lowest BCUT2D eigenvalue weighted by Gasteiger charge is -2.08. The van der Waals surface area contributed by atoms with E-state index in [1.165, 1.54) is 6.07 Å². The van der Waals surface area contributed by atoms with E-state index in [0.29, 0.717) is 30.4 Å². The van der Waals surface area contributed by atoms with Gasteiger partial charge in [-0.25, -0.2) is 9.37 Å². The van der Waals surface area contributed by atoms with Gasteiger partial charge in [-0.1, -0.05) is 18.2 Å². The van der Waals surface area contributed by atoms with Gasteiger partial charge in [0.1, 0.15) is 5.82 Å². The van der Waals surface area contributed by atoms with E-state index < -0.39 is 0 Å². The zero-order chi connectivity index (χ0) is 13.9. The smallest absolute Gasteiger partial charge is 0.293 e. The van der Waals surface area contributed by atoms with Crippen LogP contribution in [0.3, 0.4) is 0 Å². The normalized spacial score (nSPS) is 14.2. The summed E-state index contributed by atoms with van der Waals surface area (Å²) in [6, 6.07) is 6.99. The van der Waals surface area contributed by atoms with E-state index in [9.17, 15) is 9.18 Å². The maximum Gasteiger partial charge on any atom is 0.293 e. The van der Waals surface area contributed by atoms with Crippen LogP contribution in [-0.2, 0) is 6.42 Å². The number of nitrogens with zero attached hydrogens (tertiary/aromatic N) is 2. The van der Waals surface area contributed by atoms with Crippen LogP contribution < -0.4 is 10.9 Å². The number of halogens is 1. The van der Waals surface area contributed by atoms with Crippen molar-refractivity contribution in [3.05, 3.63) is 58.4 Å². The molecule has 5 heteroatoms. The van der Waals surface area contributed by atoms with Gasteiger partial charge in [0.25, 0.3) is 5.56 Å². The van der Waals surface area contributed by atoms with E-state index in [-0.39, 0.29) is 11.4 Å². The molecule has 1 aromatic heterocycles. The molecule has 0 aliphatic heterocycles. The summed E-state index contributed by atoms with van der Waals surface area (Å²) in [6.45, 7) is 0.484. The van der Waals surface area contributed by atoms with E-state index in [1.807, 2.05) is 0 Å². The van der Waals surface area contributed by atoms with Crippen molar-refractivity contribution < 1.29 is 4.39 Å². The summed E-state index contributed by atoms with van der Waals surface area (Å²) < 4.78 is 15.2. The number of aromatic nitrogens is 2. The zero-order valence-electron chi connectivity index (χ0n) is 11.1. The lowest BCUT2D eigenvalue weighted by Crippen LogP contribution is -2.24. The van der Waals surface area contributed by atoms with E-state index in [1.54, 1.807) is 35.2 Å². The molecule has 0 amide bonds. The molecule has 0 spiro atoms. The van der Waals surface area contributed by atoms with Crippen molar-refractivity contribution in [1.82, 2.24) is 9.55 Å². The summed E-state index contributed by atoms with van der Waals surface area (Å²) in [7, 11) is 0. The Balaban J connectivity index is 1.66. The summed E-state index contributed by atoms with van der Waals surface area (Å²) in [5, 5.41) is 3.00. The Labute approximate surface area is 116 Å². The summed E-state index contributed by atoms with van der Waals surface area (Å²) >= 11 is 0. The van der Waals surface area contributed by atoms with E-state index >= 15 is 0 Å². The predicted octanol–water partition coefficient (Wildman–Crippen LogP) is 2.37. The first-order valence-corrected chi connectivity index (χ1v) is 6.80. The second kappa shape index (κ2) is 5.45. The Morgan fingerprint density at radius 2 is 2.15 bits per heavy atom. The second-order valence-electron chi connectivity index (χ2n) is 4.99. The Bertz CT molecular complexity index is 664. The minimum atomic E-state index is -0.217. The van der Waals surface area contributed by atoms with Crippen LogP contribution in [0, 0.1) is 5.82 Å². The van der Waals surface area contributed by atoms with Gasteiger partial charge in [-0.2, -0.15) is 0 Å². The van der Waals surface area contributed by atoms with Crippen LogP contribution in [0.15, 0.2) is 41.5 Å². The van der Waals surface area contributed by atoms with Crippen molar-refractivity contribution in [2.24, 2.45) is 0 Å². The van der Waals surface area contributed by atoms with Crippen LogP contribution in [0.2, 0.25) is 0 Å². The van der Waals surface area contributed by atoms with Crippen molar-refractivity contribution in [3.8, 4) is 0 Å². The molecule has 1 heterocycles. The van der Waals surface area contributed by atoms with Gasteiger partial charge < -0.3 is 9.88 Å². The van der Waals surface area contributed by atoms with Crippen molar-refractivity contribution in [3.63, 3.8) is 0 Å². The van der Waals surface area contributed by atoms with Gasteiger partial charge >= 0.3 is 0 Å². The highest BCUT2D eigenvalue weighted by atomic mass is 19.1. The first kappa shape index (κ1) is 12.8. The van der Waals surface area contributed by atoms with Crippen LogP contribution in [0.25, 0.3) is 0 Å². The van der Waals surface area contributed by atoms with Crippen LogP contribution in [-0.4, -0.2) is 16.1 Å². The molecule has 1 saturated carbocycles. The number of nitrogens with one attached hydrogen (secondary N) is 1. The van der Waals surface area contributed by atoms with Crippen LogP contribution in [0.4, 0.5) is 10.2 Å². The maximum atomic E-state index is 13.5. The standard InChI is InChI=1S/C15H16FN3O/c16-13-4-2-1-3-11(13)7-8-17-14-15(20)19(10-9-18-14)12-5-6-12/h1-4,9-10,12H,5-8H2,(H,17,18). The third-order valence-corrected chi connectivity index (χ3v) is 3.45. The number of hydrogen-bond donors (Lipinski definition) is 1.